The molecule has 1 saturated heterocycles. The summed E-state index contributed by atoms with van der Waals surface area (Å²) in [5, 5.41) is 8.11. The maximum absolute atomic E-state index is 4.55. The lowest BCUT2D eigenvalue weighted by Gasteiger charge is -2.17. The number of benzene rings is 1. The monoisotopic (exact) mass is 333 g/mol. The van der Waals surface area contributed by atoms with E-state index < -0.39 is 0 Å². The van der Waals surface area contributed by atoms with Crippen LogP contribution in [0, 0.1) is 0 Å². The zero-order valence-corrected chi connectivity index (χ0v) is 14.5. The molecule has 0 spiro atoms. The summed E-state index contributed by atoms with van der Waals surface area (Å²) in [6, 6.07) is 15.0. The molecule has 1 aliphatic rings. The van der Waals surface area contributed by atoms with Gasteiger partial charge >= 0.3 is 0 Å². The first-order valence-electron chi connectivity index (χ1n) is 8.78. The third-order valence-electron chi connectivity index (χ3n) is 4.57. The lowest BCUT2D eigenvalue weighted by atomic mass is 10.1. The highest BCUT2D eigenvalue weighted by molar-refractivity contribution is 5.52. The van der Waals surface area contributed by atoms with Crippen molar-refractivity contribution in [3.63, 3.8) is 0 Å². The van der Waals surface area contributed by atoms with Crippen LogP contribution in [0.5, 0.6) is 0 Å². The van der Waals surface area contributed by atoms with E-state index in [1.807, 2.05) is 22.8 Å². The molecule has 0 saturated carbocycles. The maximum Gasteiger partial charge on any atom is 0.153 e. The Labute approximate surface area is 148 Å². The quantitative estimate of drug-likeness (QED) is 0.778. The summed E-state index contributed by atoms with van der Waals surface area (Å²) in [4.78, 5) is 6.73. The number of nitrogens with one attached hydrogen (secondary N) is 1. The van der Waals surface area contributed by atoms with Crippen LogP contribution in [-0.4, -0.2) is 45.2 Å². The van der Waals surface area contributed by atoms with Crippen molar-refractivity contribution in [3.05, 3.63) is 66.0 Å². The van der Waals surface area contributed by atoms with Crippen LogP contribution in [-0.2, 0) is 0 Å². The fourth-order valence-electron chi connectivity index (χ4n) is 3.43. The molecule has 0 radical (unpaired) electrons. The molecule has 1 aromatic carbocycles. The smallest absolute Gasteiger partial charge is 0.153 e. The van der Waals surface area contributed by atoms with Crippen LogP contribution in [0.15, 0.2) is 60.4 Å². The van der Waals surface area contributed by atoms with Crippen LogP contribution in [0.25, 0.3) is 11.7 Å². The molecule has 25 heavy (non-hydrogen) atoms. The van der Waals surface area contributed by atoms with Crippen LogP contribution in [0.3, 0.4) is 0 Å². The molecule has 1 unspecified atom stereocenters. The van der Waals surface area contributed by atoms with Gasteiger partial charge < -0.3 is 5.32 Å². The van der Waals surface area contributed by atoms with E-state index in [4.69, 9.17) is 0 Å². The zero-order valence-electron chi connectivity index (χ0n) is 14.5. The largest absolute Gasteiger partial charge is 0.365 e. The number of rotatable bonds is 5. The Morgan fingerprint density at radius 2 is 2.12 bits per heavy atom. The number of hydrogen-bond donors (Lipinski definition) is 1. The van der Waals surface area contributed by atoms with Gasteiger partial charge in [0, 0.05) is 38.1 Å². The molecule has 4 rings (SSSR count). The molecular weight excluding hydrogens is 310 g/mol. The third kappa shape index (κ3) is 3.88. The van der Waals surface area contributed by atoms with E-state index in [0.717, 1.165) is 37.5 Å². The van der Waals surface area contributed by atoms with Crippen molar-refractivity contribution >= 4 is 17.5 Å². The Morgan fingerprint density at radius 3 is 3.00 bits per heavy atom. The highest BCUT2D eigenvalue weighted by atomic mass is 15.3. The molecule has 5 nitrogen and oxygen atoms in total. The molecule has 1 fully saturated rings. The second-order valence-electron chi connectivity index (χ2n) is 6.72. The molecule has 1 N–H and O–H groups in total. The summed E-state index contributed by atoms with van der Waals surface area (Å²) in [5.41, 5.74) is 3.54. The zero-order chi connectivity index (χ0) is 17.1. The van der Waals surface area contributed by atoms with Gasteiger partial charge in [-0.1, -0.05) is 42.0 Å². The Morgan fingerprint density at radius 1 is 1.24 bits per heavy atom. The van der Waals surface area contributed by atoms with Gasteiger partial charge in [0.25, 0.3) is 0 Å². The predicted octanol–water partition coefficient (Wildman–Crippen LogP) is 3.32. The van der Waals surface area contributed by atoms with Gasteiger partial charge in [0.1, 0.15) is 5.82 Å². The molecule has 0 aliphatic carbocycles. The van der Waals surface area contributed by atoms with Crippen molar-refractivity contribution in [3.8, 4) is 0 Å². The van der Waals surface area contributed by atoms with Crippen molar-refractivity contribution in [2.45, 2.75) is 19.4 Å². The molecule has 128 valence electrons. The standard InChI is InChI=1S/C20H23N5/c1-16(13-17-5-3-2-4-6-17)14-24-11-9-18(15-24)22-19-7-8-20-21-10-12-25(20)23-19/h2-8,10,12-13,18H,9,11,14-15H2,1H3,(H,22,23)/b16-13+. The Balaban J connectivity index is 1.34. The van der Waals surface area contributed by atoms with Crippen LogP contribution >= 0.6 is 0 Å². The van der Waals surface area contributed by atoms with E-state index in [9.17, 15) is 0 Å². The summed E-state index contributed by atoms with van der Waals surface area (Å²) in [6.07, 6.45) is 7.06. The number of anilines is 1. The molecule has 1 atom stereocenters. The molecule has 2 aromatic heterocycles. The van der Waals surface area contributed by atoms with Gasteiger partial charge in [-0.25, -0.2) is 9.50 Å². The highest BCUT2D eigenvalue weighted by Gasteiger charge is 2.22. The number of hydrogen-bond acceptors (Lipinski definition) is 4. The normalized spacial score (nSPS) is 18.8. The van der Waals surface area contributed by atoms with Gasteiger partial charge in [-0.2, -0.15) is 0 Å². The first-order valence-corrected chi connectivity index (χ1v) is 8.78. The maximum atomic E-state index is 4.55. The van der Waals surface area contributed by atoms with E-state index in [1.54, 1.807) is 6.20 Å². The van der Waals surface area contributed by atoms with Crippen molar-refractivity contribution in [2.24, 2.45) is 0 Å². The summed E-state index contributed by atoms with van der Waals surface area (Å²) >= 11 is 0. The van der Waals surface area contributed by atoms with Crippen LogP contribution < -0.4 is 5.32 Å². The minimum absolute atomic E-state index is 0.443. The van der Waals surface area contributed by atoms with Crippen LogP contribution in [0.4, 0.5) is 5.82 Å². The topological polar surface area (TPSA) is 45.5 Å². The summed E-state index contributed by atoms with van der Waals surface area (Å²) in [7, 11) is 0. The van der Waals surface area contributed by atoms with E-state index in [1.165, 1.54) is 11.1 Å². The third-order valence-corrected chi connectivity index (χ3v) is 4.57. The van der Waals surface area contributed by atoms with Crippen molar-refractivity contribution in [1.82, 2.24) is 19.5 Å². The van der Waals surface area contributed by atoms with Crippen LogP contribution in [0.1, 0.15) is 18.9 Å². The van der Waals surface area contributed by atoms with Crippen molar-refractivity contribution < 1.29 is 0 Å². The number of fused-ring (bicyclic) bond motifs is 1. The Kier molecular flexibility index (Phi) is 4.48. The average Bonchev–Trinajstić information content (AvgIpc) is 3.24. The lowest BCUT2D eigenvalue weighted by Crippen LogP contribution is -2.27. The fourth-order valence-corrected chi connectivity index (χ4v) is 3.43. The van der Waals surface area contributed by atoms with E-state index in [-0.39, 0.29) is 0 Å². The van der Waals surface area contributed by atoms with E-state index in [0.29, 0.717) is 6.04 Å². The average molecular weight is 333 g/mol. The first-order chi connectivity index (χ1) is 12.3. The van der Waals surface area contributed by atoms with E-state index >= 15 is 0 Å². The number of aromatic nitrogens is 3. The SMILES string of the molecule is C/C(=C\c1ccccc1)CN1CCC(Nc2ccc3nccn3n2)C1. The fraction of sp³-hybridized carbons (Fsp3) is 0.300. The second kappa shape index (κ2) is 7.07. The van der Waals surface area contributed by atoms with Crippen molar-refractivity contribution in [1.29, 1.82) is 0 Å². The minimum Gasteiger partial charge on any atom is -0.365 e. The molecular formula is C20H23N5. The van der Waals surface area contributed by atoms with Gasteiger partial charge in [-0.05, 0) is 31.0 Å². The lowest BCUT2D eigenvalue weighted by molar-refractivity contribution is 0.366. The van der Waals surface area contributed by atoms with Gasteiger partial charge in [0.15, 0.2) is 5.65 Å². The van der Waals surface area contributed by atoms with E-state index in [2.05, 4.69) is 63.6 Å². The molecule has 0 bridgehead atoms. The Bertz CT molecular complexity index is 868. The first kappa shape index (κ1) is 15.8. The van der Waals surface area contributed by atoms with Crippen LogP contribution in [0.2, 0.25) is 0 Å². The molecule has 5 heteroatoms. The number of nitrogens with zero attached hydrogens (tertiary/aromatic N) is 4. The summed E-state index contributed by atoms with van der Waals surface area (Å²) < 4.78 is 1.81. The summed E-state index contributed by atoms with van der Waals surface area (Å²) in [6.45, 7) is 5.39. The van der Waals surface area contributed by atoms with Gasteiger partial charge in [0.05, 0.1) is 0 Å². The Hall–Kier alpha value is -2.66. The van der Waals surface area contributed by atoms with Gasteiger partial charge in [-0.3, -0.25) is 4.90 Å². The predicted molar refractivity (Wildman–Crippen MR) is 102 cm³/mol. The summed E-state index contributed by atoms with van der Waals surface area (Å²) in [5.74, 6) is 0.911. The minimum atomic E-state index is 0.443. The van der Waals surface area contributed by atoms with Crippen molar-refractivity contribution in [2.75, 3.05) is 25.0 Å². The molecule has 3 heterocycles. The van der Waals surface area contributed by atoms with Gasteiger partial charge in [0.2, 0.25) is 0 Å². The molecule has 1 aliphatic heterocycles. The second-order valence-corrected chi connectivity index (χ2v) is 6.72. The highest BCUT2D eigenvalue weighted by Crippen LogP contribution is 2.17. The number of likely N-dealkylation sites (tertiary alicyclic amines) is 1. The molecule has 0 amide bonds. The molecule has 3 aromatic rings. The van der Waals surface area contributed by atoms with Gasteiger partial charge in [-0.15, -0.1) is 5.10 Å². The number of imidazole rings is 1.